The lowest BCUT2D eigenvalue weighted by molar-refractivity contribution is 0.484. The number of benzene rings is 2. The van der Waals surface area contributed by atoms with Gasteiger partial charge in [0.25, 0.3) is 0 Å². The van der Waals surface area contributed by atoms with Gasteiger partial charge in [-0.05, 0) is 43.3 Å². The van der Waals surface area contributed by atoms with Crippen molar-refractivity contribution in [2.24, 2.45) is 0 Å². The summed E-state index contributed by atoms with van der Waals surface area (Å²) >= 11 is 0. The average molecular weight is 283 g/mol. The average Bonchev–Trinajstić information content (AvgIpc) is 2.92. The fourth-order valence-corrected chi connectivity index (χ4v) is 2.56. The van der Waals surface area contributed by atoms with E-state index >= 15 is 0 Å². The van der Waals surface area contributed by atoms with Crippen molar-refractivity contribution >= 4 is 11.0 Å². The van der Waals surface area contributed by atoms with Gasteiger partial charge in [0, 0.05) is 12.6 Å². The number of para-hydroxylation sites is 2. The van der Waals surface area contributed by atoms with Gasteiger partial charge in [-0.15, -0.1) is 0 Å². The molecule has 1 atom stereocenters. The normalized spacial score (nSPS) is 12.7. The fourth-order valence-electron chi connectivity index (χ4n) is 2.56. The molecule has 0 aliphatic rings. The molecule has 2 aromatic carbocycles. The SMILES string of the molecule is CNC(Cc1ccc(F)cc1)Cn1cnc2ccccc21. The molecule has 1 N–H and O–H groups in total. The van der Waals surface area contributed by atoms with E-state index in [1.165, 1.54) is 12.1 Å². The molecule has 21 heavy (non-hydrogen) atoms. The molecule has 0 aliphatic heterocycles. The van der Waals surface area contributed by atoms with Crippen LogP contribution in [-0.2, 0) is 13.0 Å². The van der Waals surface area contributed by atoms with E-state index in [-0.39, 0.29) is 11.9 Å². The number of nitrogens with one attached hydrogen (secondary N) is 1. The van der Waals surface area contributed by atoms with E-state index in [9.17, 15) is 4.39 Å². The number of likely N-dealkylation sites (N-methyl/N-ethyl adjacent to an activating group) is 1. The number of fused-ring (bicyclic) bond motifs is 1. The summed E-state index contributed by atoms with van der Waals surface area (Å²) in [7, 11) is 1.95. The van der Waals surface area contributed by atoms with E-state index in [2.05, 4.69) is 20.9 Å². The summed E-state index contributed by atoms with van der Waals surface area (Å²) in [6.45, 7) is 0.828. The van der Waals surface area contributed by atoms with Crippen LogP contribution in [0.4, 0.5) is 4.39 Å². The van der Waals surface area contributed by atoms with E-state index in [0.717, 1.165) is 29.6 Å². The first-order valence-electron chi connectivity index (χ1n) is 7.08. The molecular formula is C17H18FN3. The van der Waals surface area contributed by atoms with Crippen LogP contribution in [0.5, 0.6) is 0 Å². The smallest absolute Gasteiger partial charge is 0.123 e. The molecular weight excluding hydrogens is 265 g/mol. The van der Waals surface area contributed by atoms with Crippen LogP contribution < -0.4 is 5.32 Å². The topological polar surface area (TPSA) is 29.9 Å². The summed E-state index contributed by atoms with van der Waals surface area (Å²) < 4.78 is 15.1. The van der Waals surface area contributed by atoms with Gasteiger partial charge >= 0.3 is 0 Å². The minimum atomic E-state index is -0.194. The van der Waals surface area contributed by atoms with Gasteiger partial charge in [-0.1, -0.05) is 24.3 Å². The third kappa shape index (κ3) is 3.11. The molecule has 0 saturated carbocycles. The van der Waals surface area contributed by atoms with E-state index < -0.39 is 0 Å². The number of aromatic nitrogens is 2. The Kier molecular flexibility index (Phi) is 3.97. The zero-order valence-electron chi connectivity index (χ0n) is 12.0. The minimum Gasteiger partial charge on any atom is -0.329 e. The van der Waals surface area contributed by atoms with Crippen molar-refractivity contribution in [3.8, 4) is 0 Å². The zero-order chi connectivity index (χ0) is 14.7. The van der Waals surface area contributed by atoms with Gasteiger partial charge < -0.3 is 9.88 Å². The molecule has 1 unspecified atom stereocenters. The summed E-state index contributed by atoms with van der Waals surface area (Å²) in [6.07, 6.45) is 2.73. The molecule has 1 aromatic heterocycles. The van der Waals surface area contributed by atoms with Crippen LogP contribution in [0, 0.1) is 5.82 Å². The van der Waals surface area contributed by atoms with Crippen LogP contribution in [0.25, 0.3) is 11.0 Å². The molecule has 0 radical (unpaired) electrons. The lowest BCUT2D eigenvalue weighted by Crippen LogP contribution is -2.32. The summed E-state index contributed by atoms with van der Waals surface area (Å²) in [5, 5.41) is 3.33. The van der Waals surface area contributed by atoms with Crippen LogP contribution >= 0.6 is 0 Å². The molecule has 0 spiro atoms. The quantitative estimate of drug-likeness (QED) is 0.780. The lowest BCUT2D eigenvalue weighted by Gasteiger charge is -2.17. The van der Waals surface area contributed by atoms with Crippen molar-refractivity contribution in [1.29, 1.82) is 0 Å². The van der Waals surface area contributed by atoms with Crippen molar-refractivity contribution in [2.75, 3.05) is 7.05 Å². The van der Waals surface area contributed by atoms with Gasteiger partial charge in [-0.25, -0.2) is 9.37 Å². The molecule has 0 saturated heterocycles. The number of imidazole rings is 1. The summed E-state index contributed by atoms with van der Waals surface area (Å²) in [4.78, 5) is 4.41. The predicted octanol–water partition coefficient (Wildman–Crippen LogP) is 3.01. The highest BCUT2D eigenvalue weighted by Crippen LogP contribution is 2.14. The van der Waals surface area contributed by atoms with Gasteiger partial charge in [0.2, 0.25) is 0 Å². The van der Waals surface area contributed by atoms with E-state index in [0.29, 0.717) is 0 Å². The minimum absolute atomic E-state index is 0.194. The Morgan fingerprint density at radius 2 is 1.90 bits per heavy atom. The van der Waals surface area contributed by atoms with E-state index in [1.54, 1.807) is 0 Å². The lowest BCUT2D eigenvalue weighted by atomic mass is 10.1. The molecule has 0 amide bonds. The molecule has 3 nitrogen and oxygen atoms in total. The predicted molar refractivity (Wildman–Crippen MR) is 82.7 cm³/mol. The first-order chi connectivity index (χ1) is 10.3. The van der Waals surface area contributed by atoms with Gasteiger partial charge in [-0.2, -0.15) is 0 Å². The second-order valence-corrected chi connectivity index (χ2v) is 5.20. The van der Waals surface area contributed by atoms with Gasteiger partial charge in [0.1, 0.15) is 5.82 Å². The Morgan fingerprint density at radius 1 is 1.14 bits per heavy atom. The molecule has 0 aliphatic carbocycles. The fraction of sp³-hybridized carbons (Fsp3) is 0.235. The second kappa shape index (κ2) is 6.06. The second-order valence-electron chi connectivity index (χ2n) is 5.20. The maximum absolute atomic E-state index is 13.0. The highest BCUT2D eigenvalue weighted by Gasteiger charge is 2.10. The van der Waals surface area contributed by atoms with Gasteiger partial charge in [0.15, 0.2) is 0 Å². The van der Waals surface area contributed by atoms with Crippen molar-refractivity contribution in [3.63, 3.8) is 0 Å². The number of halogens is 1. The number of rotatable bonds is 5. The molecule has 4 heteroatoms. The zero-order valence-corrected chi connectivity index (χ0v) is 12.0. The highest BCUT2D eigenvalue weighted by molar-refractivity contribution is 5.74. The Morgan fingerprint density at radius 3 is 2.67 bits per heavy atom. The number of nitrogens with zero attached hydrogens (tertiary/aromatic N) is 2. The number of hydrogen-bond donors (Lipinski definition) is 1. The molecule has 0 fully saturated rings. The third-order valence-corrected chi connectivity index (χ3v) is 3.75. The van der Waals surface area contributed by atoms with Gasteiger partial charge in [0.05, 0.1) is 17.4 Å². The van der Waals surface area contributed by atoms with Crippen molar-refractivity contribution in [2.45, 2.75) is 19.0 Å². The molecule has 108 valence electrons. The van der Waals surface area contributed by atoms with E-state index in [1.807, 2.05) is 43.7 Å². The molecule has 0 bridgehead atoms. The van der Waals surface area contributed by atoms with Crippen LogP contribution in [0.1, 0.15) is 5.56 Å². The van der Waals surface area contributed by atoms with Crippen LogP contribution in [-0.4, -0.2) is 22.6 Å². The molecule has 1 heterocycles. The summed E-state index contributed by atoms with van der Waals surface area (Å²) in [5.41, 5.74) is 3.27. The van der Waals surface area contributed by atoms with Gasteiger partial charge in [-0.3, -0.25) is 0 Å². The summed E-state index contributed by atoms with van der Waals surface area (Å²) in [6, 6.07) is 15.1. The third-order valence-electron chi connectivity index (χ3n) is 3.75. The summed E-state index contributed by atoms with van der Waals surface area (Å²) in [5.74, 6) is -0.194. The standard InChI is InChI=1S/C17H18FN3/c1-19-15(10-13-6-8-14(18)9-7-13)11-21-12-20-16-4-2-3-5-17(16)21/h2-9,12,15,19H,10-11H2,1H3. The highest BCUT2D eigenvalue weighted by atomic mass is 19.1. The molecule has 3 aromatic rings. The Balaban J connectivity index is 1.76. The van der Waals surface area contributed by atoms with Crippen molar-refractivity contribution in [1.82, 2.24) is 14.9 Å². The maximum Gasteiger partial charge on any atom is 0.123 e. The van der Waals surface area contributed by atoms with E-state index in [4.69, 9.17) is 0 Å². The Labute approximate surface area is 123 Å². The van der Waals surface area contributed by atoms with Crippen molar-refractivity contribution < 1.29 is 4.39 Å². The molecule has 3 rings (SSSR count). The van der Waals surface area contributed by atoms with Crippen LogP contribution in [0.15, 0.2) is 54.9 Å². The van der Waals surface area contributed by atoms with Crippen molar-refractivity contribution in [3.05, 3.63) is 66.2 Å². The van der Waals surface area contributed by atoms with Crippen LogP contribution in [0.2, 0.25) is 0 Å². The first kappa shape index (κ1) is 13.8. The Bertz CT molecular complexity index is 718. The first-order valence-corrected chi connectivity index (χ1v) is 7.08. The largest absolute Gasteiger partial charge is 0.329 e. The number of hydrogen-bond acceptors (Lipinski definition) is 2. The monoisotopic (exact) mass is 283 g/mol. The Hall–Kier alpha value is -2.20. The van der Waals surface area contributed by atoms with Crippen LogP contribution in [0.3, 0.4) is 0 Å². The maximum atomic E-state index is 13.0.